The zero-order valence-corrected chi connectivity index (χ0v) is 11.1. The van der Waals surface area contributed by atoms with Crippen LogP contribution in [-0.4, -0.2) is 29.2 Å². The monoisotopic (exact) mass is 288 g/mol. The van der Waals surface area contributed by atoms with Crippen LogP contribution in [0.15, 0.2) is 36.5 Å². The number of hydrogen-bond acceptors (Lipinski definition) is 4. The summed E-state index contributed by atoms with van der Waals surface area (Å²) in [5.41, 5.74) is 0.298. The largest absolute Gasteiger partial charge is 0.491 e. The van der Waals surface area contributed by atoms with Gasteiger partial charge in [0.15, 0.2) is 11.6 Å². The molecule has 6 heteroatoms. The molecule has 0 fully saturated rings. The Morgan fingerprint density at radius 1 is 1.33 bits per heavy atom. The Morgan fingerprint density at radius 3 is 2.95 bits per heavy atom. The number of nitrogens with zero attached hydrogens (tertiary/aromatic N) is 2. The van der Waals surface area contributed by atoms with E-state index in [1.54, 1.807) is 17.0 Å². The van der Waals surface area contributed by atoms with E-state index in [0.29, 0.717) is 31.0 Å². The van der Waals surface area contributed by atoms with Crippen LogP contribution in [0.5, 0.6) is 5.75 Å². The molecule has 0 unspecified atom stereocenters. The summed E-state index contributed by atoms with van der Waals surface area (Å²) in [6, 6.07) is 8.41. The number of hydrogen-bond donors (Lipinski definition) is 1. The number of rotatable bonds is 2. The highest BCUT2D eigenvalue weighted by Gasteiger charge is 2.24. The average Bonchev–Trinajstić information content (AvgIpc) is 2.69. The summed E-state index contributed by atoms with van der Waals surface area (Å²) in [6.45, 7) is 1.03. The predicted octanol–water partition coefficient (Wildman–Crippen LogP) is 2.84. The van der Waals surface area contributed by atoms with E-state index < -0.39 is 11.8 Å². The maximum absolute atomic E-state index is 14.4. The van der Waals surface area contributed by atoms with Gasteiger partial charge >= 0.3 is 5.97 Å². The van der Waals surface area contributed by atoms with Crippen molar-refractivity contribution in [2.75, 3.05) is 18.1 Å². The third kappa shape index (κ3) is 2.40. The second-order valence-corrected chi connectivity index (χ2v) is 4.62. The third-order valence-corrected chi connectivity index (χ3v) is 3.30. The Hall–Kier alpha value is -2.63. The Balaban J connectivity index is 2.12. The molecule has 0 atom stereocenters. The number of pyridine rings is 1. The molecule has 0 aliphatic carbocycles. The smallest absolute Gasteiger partial charge is 0.338 e. The van der Waals surface area contributed by atoms with E-state index >= 15 is 0 Å². The van der Waals surface area contributed by atoms with Crippen LogP contribution >= 0.6 is 0 Å². The van der Waals surface area contributed by atoms with E-state index in [4.69, 9.17) is 9.84 Å². The molecule has 0 amide bonds. The van der Waals surface area contributed by atoms with Crippen LogP contribution in [-0.2, 0) is 0 Å². The van der Waals surface area contributed by atoms with Gasteiger partial charge in [-0.2, -0.15) is 0 Å². The Kier molecular flexibility index (Phi) is 3.43. The fourth-order valence-corrected chi connectivity index (χ4v) is 2.33. The van der Waals surface area contributed by atoms with Crippen LogP contribution in [0.2, 0.25) is 0 Å². The maximum Gasteiger partial charge on any atom is 0.338 e. The first-order valence-corrected chi connectivity index (χ1v) is 6.55. The molecule has 1 aromatic carbocycles. The van der Waals surface area contributed by atoms with Crippen molar-refractivity contribution in [2.24, 2.45) is 0 Å². The first-order valence-electron chi connectivity index (χ1n) is 6.55. The molecule has 0 saturated carbocycles. The van der Waals surface area contributed by atoms with E-state index in [1.165, 1.54) is 6.20 Å². The minimum Gasteiger partial charge on any atom is -0.491 e. The van der Waals surface area contributed by atoms with Crippen molar-refractivity contribution in [1.29, 1.82) is 0 Å². The van der Waals surface area contributed by atoms with E-state index in [0.717, 1.165) is 6.07 Å². The van der Waals surface area contributed by atoms with Crippen molar-refractivity contribution >= 4 is 17.5 Å². The number of halogens is 1. The summed E-state index contributed by atoms with van der Waals surface area (Å²) in [7, 11) is 0. The first kappa shape index (κ1) is 13.4. The van der Waals surface area contributed by atoms with Crippen molar-refractivity contribution in [3.05, 3.63) is 47.9 Å². The van der Waals surface area contributed by atoms with Crippen LogP contribution in [0.1, 0.15) is 16.8 Å². The van der Waals surface area contributed by atoms with E-state index in [2.05, 4.69) is 4.98 Å². The molecular formula is C15H13FN2O3. The summed E-state index contributed by atoms with van der Waals surface area (Å²) < 4.78 is 20.0. The van der Waals surface area contributed by atoms with Gasteiger partial charge in [-0.25, -0.2) is 14.2 Å². The second kappa shape index (κ2) is 5.40. The van der Waals surface area contributed by atoms with Gasteiger partial charge in [-0.1, -0.05) is 12.1 Å². The minimum atomic E-state index is -1.31. The van der Waals surface area contributed by atoms with Crippen LogP contribution < -0.4 is 9.64 Å². The Morgan fingerprint density at radius 2 is 2.14 bits per heavy atom. The lowest BCUT2D eigenvalue weighted by atomic mass is 10.2. The topological polar surface area (TPSA) is 62.7 Å². The molecule has 21 heavy (non-hydrogen) atoms. The van der Waals surface area contributed by atoms with Crippen molar-refractivity contribution in [3.63, 3.8) is 0 Å². The predicted molar refractivity (Wildman–Crippen MR) is 74.7 cm³/mol. The number of fused-ring (bicyclic) bond motifs is 1. The number of carboxylic acid groups (broad SMARTS) is 1. The highest BCUT2D eigenvalue weighted by atomic mass is 19.1. The number of carboxylic acids is 1. The molecule has 5 nitrogen and oxygen atoms in total. The third-order valence-electron chi connectivity index (χ3n) is 3.30. The van der Waals surface area contributed by atoms with Gasteiger partial charge in [-0.05, 0) is 24.6 Å². The lowest BCUT2D eigenvalue weighted by molar-refractivity contribution is 0.0691. The van der Waals surface area contributed by atoms with Gasteiger partial charge in [-0.15, -0.1) is 0 Å². The quantitative estimate of drug-likeness (QED) is 0.920. The molecule has 3 rings (SSSR count). The summed E-state index contributed by atoms with van der Waals surface area (Å²) in [4.78, 5) is 16.7. The van der Waals surface area contributed by atoms with Gasteiger partial charge in [0.1, 0.15) is 11.3 Å². The minimum absolute atomic E-state index is 0.00727. The molecule has 0 bridgehead atoms. The zero-order chi connectivity index (χ0) is 14.8. The molecule has 0 radical (unpaired) electrons. The van der Waals surface area contributed by atoms with Crippen molar-refractivity contribution in [2.45, 2.75) is 6.42 Å². The molecule has 2 aromatic rings. The van der Waals surface area contributed by atoms with Crippen LogP contribution in [0.4, 0.5) is 15.9 Å². The van der Waals surface area contributed by atoms with E-state index in [1.807, 2.05) is 12.1 Å². The average molecular weight is 288 g/mol. The molecule has 0 spiro atoms. The van der Waals surface area contributed by atoms with E-state index in [-0.39, 0.29) is 11.4 Å². The highest BCUT2D eigenvalue weighted by molar-refractivity contribution is 5.89. The first-order chi connectivity index (χ1) is 10.2. The molecule has 1 aromatic heterocycles. The van der Waals surface area contributed by atoms with Crippen molar-refractivity contribution in [3.8, 4) is 5.75 Å². The zero-order valence-electron chi connectivity index (χ0n) is 11.1. The van der Waals surface area contributed by atoms with Crippen LogP contribution in [0.25, 0.3) is 0 Å². The van der Waals surface area contributed by atoms with Gasteiger partial charge in [0, 0.05) is 12.7 Å². The second-order valence-electron chi connectivity index (χ2n) is 4.62. The number of aromatic nitrogens is 1. The summed E-state index contributed by atoms with van der Waals surface area (Å²) in [6.07, 6.45) is 1.99. The molecule has 1 aliphatic heterocycles. The molecule has 108 valence electrons. The van der Waals surface area contributed by atoms with Gasteiger partial charge in [0.05, 0.1) is 12.3 Å². The lowest BCUT2D eigenvalue weighted by Crippen LogP contribution is -2.21. The summed E-state index contributed by atoms with van der Waals surface area (Å²) in [5, 5.41) is 9.03. The Bertz CT molecular complexity index is 690. The van der Waals surface area contributed by atoms with Crippen LogP contribution in [0.3, 0.4) is 0 Å². The fraction of sp³-hybridized carbons (Fsp3) is 0.200. The van der Waals surface area contributed by atoms with Gasteiger partial charge in [-0.3, -0.25) is 0 Å². The fourth-order valence-electron chi connectivity index (χ4n) is 2.33. The maximum atomic E-state index is 14.4. The van der Waals surface area contributed by atoms with Crippen molar-refractivity contribution in [1.82, 2.24) is 4.98 Å². The van der Waals surface area contributed by atoms with Gasteiger partial charge in [0.2, 0.25) is 0 Å². The molecular weight excluding hydrogens is 275 g/mol. The highest BCUT2D eigenvalue weighted by Crippen LogP contribution is 2.36. The molecule has 1 N–H and O–H groups in total. The lowest BCUT2D eigenvalue weighted by Gasteiger charge is -2.23. The van der Waals surface area contributed by atoms with Crippen LogP contribution in [0, 0.1) is 5.82 Å². The van der Waals surface area contributed by atoms with Gasteiger partial charge < -0.3 is 14.7 Å². The molecule has 0 saturated heterocycles. The standard InChI is InChI=1S/C15H13FN2O3/c16-13-10(15(19)20)6-7-17-14(13)18-8-3-9-21-12-5-2-1-4-11(12)18/h1-2,4-7H,3,8-9H2,(H,19,20). The number of benzene rings is 1. The number of ether oxygens (including phenoxy) is 1. The summed E-state index contributed by atoms with van der Waals surface area (Å²) in [5.74, 6) is -1.50. The summed E-state index contributed by atoms with van der Waals surface area (Å²) >= 11 is 0. The number of para-hydroxylation sites is 2. The number of carbonyl (C=O) groups is 1. The molecule has 2 heterocycles. The van der Waals surface area contributed by atoms with E-state index in [9.17, 15) is 9.18 Å². The van der Waals surface area contributed by atoms with Gasteiger partial charge in [0.25, 0.3) is 0 Å². The molecule has 1 aliphatic rings. The van der Waals surface area contributed by atoms with Crippen molar-refractivity contribution < 1.29 is 19.0 Å². The number of aromatic carboxylic acids is 1. The normalized spacial score (nSPS) is 14.0. The number of anilines is 2. The Labute approximate surface area is 120 Å². The SMILES string of the molecule is O=C(O)c1ccnc(N2CCCOc3ccccc32)c1F.